The van der Waals surface area contributed by atoms with Crippen molar-refractivity contribution >= 4 is 29.0 Å². The number of hydrogen-bond acceptors (Lipinski definition) is 7. The Kier molecular flexibility index (Phi) is 5.08. The molecule has 0 spiro atoms. The number of morpholine rings is 1. The molecular weight excluding hydrogens is 332 g/mol. The molecule has 1 aromatic carbocycles. The van der Waals surface area contributed by atoms with Crippen LogP contribution < -0.4 is 4.74 Å². The molecule has 2 aliphatic heterocycles. The van der Waals surface area contributed by atoms with Gasteiger partial charge in [0.1, 0.15) is 0 Å². The smallest absolute Gasteiger partial charge is 0.294 e. The van der Waals surface area contributed by atoms with Crippen molar-refractivity contribution in [1.29, 1.82) is 0 Å². The van der Waals surface area contributed by atoms with Gasteiger partial charge in [0.15, 0.2) is 11.5 Å². The topological polar surface area (TPSA) is 79.3 Å². The zero-order chi connectivity index (χ0) is 17.1. The van der Waals surface area contributed by atoms with E-state index in [0.717, 1.165) is 11.8 Å². The van der Waals surface area contributed by atoms with Crippen LogP contribution in [0.2, 0.25) is 0 Å². The maximum atomic E-state index is 12.5. The molecule has 128 valence electrons. The average molecular weight is 350 g/mol. The number of phenolic OH excluding ortho intramolecular Hbond substituents is 1. The summed E-state index contributed by atoms with van der Waals surface area (Å²) in [5, 5.41) is 9.34. The van der Waals surface area contributed by atoms with Crippen LogP contribution in [-0.4, -0.2) is 66.1 Å². The van der Waals surface area contributed by atoms with E-state index < -0.39 is 0 Å². The lowest BCUT2D eigenvalue weighted by Crippen LogP contribution is -2.45. The number of ether oxygens (including phenoxy) is 2. The first-order chi connectivity index (χ1) is 11.6. The summed E-state index contributed by atoms with van der Waals surface area (Å²) in [6, 6.07) is 4.77. The Morgan fingerprint density at radius 3 is 2.79 bits per heavy atom. The van der Waals surface area contributed by atoms with E-state index in [1.54, 1.807) is 18.2 Å². The maximum absolute atomic E-state index is 12.5. The number of phenols is 1. The number of aromatic hydroxyl groups is 1. The Labute approximate surface area is 143 Å². The van der Waals surface area contributed by atoms with E-state index in [1.165, 1.54) is 18.1 Å². The zero-order valence-electron chi connectivity index (χ0n) is 13.2. The minimum Gasteiger partial charge on any atom is -0.504 e. The maximum Gasteiger partial charge on any atom is 0.294 e. The highest BCUT2D eigenvalue weighted by Gasteiger charge is 2.36. The molecule has 0 saturated carbocycles. The van der Waals surface area contributed by atoms with Crippen molar-refractivity contribution in [3.63, 3.8) is 0 Å². The quantitative estimate of drug-likeness (QED) is 0.828. The van der Waals surface area contributed by atoms with Gasteiger partial charge in [0.05, 0.1) is 31.9 Å². The molecule has 2 saturated heterocycles. The molecule has 2 aliphatic rings. The van der Waals surface area contributed by atoms with Crippen molar-refractivity contribution in [3.8, 4) is 11.5 Å². The van der Waals surface area contributed by atoms with Crippen LogP contribution >= 0.6 is 11.8 Å². The van der Waals surface area contributed by atoms with E-state index in [4.69, 9.17) is 9.47 Å². The lowest BCUT2D eigenvalue weighted by molar-refractivity contribution is -0.125. The van der Waals surface area contributed by atoms with Gasteiger partial charge in [-0.2, -0.15) is 0 Å². The molecule has 0 unspecified atom stereocenters. The number of carbonyl (C=O) groups is 2. The third kappa shape index (κ3) is 3.55. The molecule has 0 aromatic heterocycles. The third-order valence-corrected chi connectivity index (χ3v) is 4.73. The van der Waals surface area contributed by atoms with Crippen molar-refractivity contribution in [1.82, 2.24) is 9.80 Å². The predicted octanol–water partition coefficient (Wildman–Crippen LogP) is 1.73. The van der Waals surface area contributed by atoms with E-state index in [-0.39, 0.29) is 23.6 Å². The molecule has 0 radical (unpaired) electrons. The molecule has 7 nitrogen and oxygen atoms in total. The van der Waals surface area contributed by atoms with Crippen LogP contribution in [0.4, 0.5) is 4.79 Å². The van der Waals surface area contributed by atoms with E-state index in [0.29, 0.717) is 42.5 Å². The molecule has 2 fully saturated rings. The Balaban J connectivity index is 1.75. The number of benzene rings is 1. The Bertz CT molecular complexity index is 685. The van der Waals surface area contributed by atoms with Crippen LogP contribution in [0.5, 0.6) is 11.5 Å². The number of amides is 2. The van der Waals surface area contributed by atoms with Crippen LogP contribution in [0, 0.1) is 0 Å². The second-order valence-corrected chi connectivity index (χ2v) is 6.41. The van der Waals surface area contributed by atoms with E-state index in [1.807, 2.05) is 4.90 Å². The standard InChI is InChI=1S/C16H18N2O5S/c1-22-13-8-11(2-3-12(13)19)9-14-15(20)18(16(21)24-14)10-17-4-6-23-7-5-17/h2-3,8-9,19H,4-7,10H2,1H3. The van der Waals surface area contributed by atoms with Gasteiger partial charge in [-0.3, -0.25) is 19.4 Å². The van der Waals surface area contributed by atoms with E-state index in [2.05, 4.69) is 0 Å². The molecule has 2 heterocycles. The number of nitrogens with zero attached hydrogens (tertiary/aromatic N) is 2. The summed E-state index contributed by atoms with van der Waals surface area (Å²) in [4.78, 5) is 28.3. The van der Waals surface area contributed by atoms with Crippen LogP contribution in [-0.2, 0) is 9.53 Å². The second-order valence-electron chi connectivity index (χ2n) is 5.41. The van der Waals surface area contributed by atoms with Crippen LogP contribution in [0.3, 0.4) is 0 Å². The van der Waals surface area contributed by atoms with Crippen molar-refractivity contribution < 1.29 is 24.2 Å². The van der Waals surface area contributed by atoms with Gasteiger partial charge in [0.25, 0.3) is 11.1 Å². The Morgan fingerprint density at radius 2 is 2.08 bits per heavy atom. The third-order valence-electron chi connectivity index (χ3n) is 3.82. The fourth-order valence-electron chi connectivity index (χ4n) is 2.50. The lowest BCUT2D eigenvalue weighted by Gasteiger charge is -2.29. The molecule has 1 N–H and O–H groups in total. The number of imide groups is 1. The first-order valence-electron chi connectivity index (χ1n) is 7.51. The molecule has 0 bridgehead atoms. The van der Waals surface area contributed by atoms with Gasteiger partial charge in [-0.25, -0.2) is 0 Å². The highest BCUT2D eigenvalue weighted by molar-refractivity contribution is 8.18. The highest BCUT2D eigenvalue weighted by atomic mass is 32.2. The van der Waals surface area contributed by atoms with Crippen molar-refractivity contribution in [3.05, 3.63) is 28.7 Å². The molecule has 0 atom stereocenters. The number of carbonyl (C=O) groups excluding carboxylic acids is 2. The van der Waals surface area contributed by atoms with Gasteiger partial charge in [-0.15, -0.1) is 0 Å². The molecule has 0 aliphatic carbocycles. The van der Waals surface area contributed by atoms with Gasteiger partial charge in [0.2, 0.25) is 0 Å². The van der Waals surface area contributed by atoms with Crippen molar-refractivity contribution in [2.24, 2.45) is 0 Å². The van der Waals surface area contributed by atoms with Gasteiger partial charge in [-0.05, 0) is 35.5 Å². The number of hydrogen-bond donors (Lipinski definition) is 1. The minimum absolute atomic E-state index is 0.0232. The second kappa shape index (κ2) is 7.25. The molecule has 8 heteroatoms. The van der Waals surface area contributed by atoms with Crippen molar-refractivity contribution in [2.45, 2.75) is 0 Å². The average Bonchev–Trinajstić information content (AvgIpc) is 2.85. The summed E-state index contributed by atoms with van der Waals surface area (Å²) < 4.78 is 10.3. The lowest BCUT2D eigenvalue weighted by atomic mass is 10.2. The Morgan fingerprint density at radius 1 is 1.33 bits per heavy atom. The fourth-order valence-corrected chi connectivity index (χ4v) is 3.33. The summed E-state index contributed by atoms with van der Waals surface area (Å²) in [5.41, 5.74) is 0.682. The van der Waals surface area contributed by atoms with Crippen LogP contribution in [0.1, 0.15) is 5.56 Å². The number of rotatable bonds is 4. The normalized spacial score (nSPS) is 20.9. The summed E-state index contributed by atoms with van der Waals surface area (Å²) >= 11 is 0.920. The summed E-state index contributed by atoms with van der Waals surface area (Å²) in [6.07, 6.45) is 1.63. The Hall–Kier alpha value is -2.03. The monoisotopic (exact) mass is 350 g/mol. The molecule has 2 amide bonds. The molecular formula is C16H18N2O5S. The zero-order valence-corrected chi connectivity index (χ0v) is 14.0. The van der Waals surface area contributed by atoms with Gasteiger partial charge >= 0.3 is 0 Å². The first kappa shape index (κ1) is 16.8. The van der Waals surface area contributed by atoms with Crippen LogP contribution in [0.25, 0.3) is 6.08 Å². The van der Waals surface area contributed by atoms with E-state index in [9.17, 15) is 14.7 Å². The fraction of sp³-hybridized carbons (Fsp3) is 0.375. The minimum atomic E-state index is -0.302. The van der Waals surface area contributed by atoms with Crippen LogP contribution in [0.15, 0.2) is 23.1 Å². The van der Waals surface area contributed by atoms with Gasteiger partial charge in [-0.1, -0.05) is 6.07 Å². The first-order valence-corrected chi connectivity index (χ1v) is 8.32. The number of thioether (sulfide) groups is 1. The SMILES string of the molecule is COc1cc(C=C2SC(=O)N(CN3CCOCC3)C2=O)ccc1O. The molecule has 24 heavy (non-hydrogen) atoms. The van der Waals surface area contributed by atoms with Gasteiger partial charge < -0.3 is 14.6 Å². The predicted molar refractivity (Wildman–Crippen MR) is 89.7 cm³/mol. The van der Waals surface area contributed by atoms with Crippen molar-refractivity contribution in [2.75, 3.05) is 40.1 Å². The summed E-state index contributed by atoms with van der Waals surface area (Å²) in [7, 11) is 1.45. The highest BCUT2D eigenvalue weighted by Crippen LogP contribution is 2.34. The summed E-state index contributed by atoms with van der Waals surface area (Å²) in [5.74, 6) is 0.0369. The van der Waals surface area contributed by atoms with E-state index >= 15 is 0 Å². The summed E-state index contributed by atoms with van der Waals surface area (Å²) in [6.45, 7) is 2.91. The molecule has 1 aromatic rings. The van der Waals surface area contributed by atoms with Gasteiger partial charge in [0, 0.05) is 13.1 Å². The molecule has 3 rings (SSSR count). The number of methoxy groups -OCH3 is 1. The largest absolute Gasteiger partial charge is 0.504 e.